The molecule has 0 atom stereocenters. The van der Waals surface area contributed by atoms with Crippen molar-refractivity contribution >= 4 is 11.9 Å². The minimum absolute atomic E-state index is 0.307. The first-order chi connectivity index (χ1) is 7.44. The molecule has 0 saturated heterocycles. The normalized spacial score (nSPS) is 12.4. The van der Waals surface area contributed by atoms with E-state index in [1.54, 1.807) is 13.8 Å². The number of primary amides is 1. The Morgan fingerprint density at radius 3 is 2.50 bits per heavy atom. The Morgan fingerprint density at radius 1 is 1.44 bits per heavy atom. The lowest BCUT2D eigenvalue weighted by Gasteiger charge is -2.18. The van der Waals surface area contributed by atoms with Crippen LogP contribution < -0.4 is 22.3 Å². The van der Waals surface area contributed by atoms with Crippen molar-refractivity contribution in [3.63, 3.8) is 0 Å². The van der Waals surface area contributed by atoms with E-state index in [1.165, 1.54) is 0 Å². The van der Waals surface area contributed by atoms with Gasteiger partial charge in [0.15, 0.2) is 0 Å². The van der Waals surface area contributed by atoms with Crippen LogP contribution in [-0.2, 0) is 4.79 Å². The van der Waals surface area contributed by atoms with Crippen molar-refractivity contribution in [2.24, 2.45) is 22.0 Å². The van der Waals surface area contributed by atoms with Gasteiger partial charge in [0.25, 0.3) is 0 Å². The number of aliphatic imine (C=N–C) groups is 1. The van der Waals surface area contributed by atoms with Crippen LogP contribution in [0.4, 0.5) is 0 Å². The van der Waals surface area contributed by atoms with E-state index < -0.39 is 5.41 Å². The quantitative estimate of drug-likeness (QED) is 0.165. The summed E-state index contributed by atoms with van der Waals surface area (Å²) in [4.78, 5) is 15.2. The minimum Gasteiger partial charge on any atom is -0.369 e. The molecule has 0 unspecified atom stereocenters. The van der Waals surface area contributed by atoms with Gasteiger partial charge in [0.05, 0.1) is 12.0 Å². The van der Waals surface area contributed by atoms with E-state index in [2.05, 4.69) is 22.7 Å². The van der Waals surface area contributed by atoms with Gasteiger partial charge in [0.1, 0.15) is 0 Å². The summed E-state index contributed by atoms with van der Waals surface area (Å²) in [5.41, 5.74) is 7.04. The van der Waals surface area contributed by atoms with E-state index >= 15 is 0 Å². The van der Waals surface area contributed by atoms with Crippen LogP contribution >= 0.6 is 0 Å². The summed E-state index contributed by atoms with van der Waals surface area (Å²) >= 11 is 0. The van der Waals surface area contributed by atoms with E-state index in [1.807, 2.05) is 0 Å². The lowest BCUT2D eigenvalue weighted by atomic mass is 9.93. The number of unbranched alkanes of at least 4 members (excludes halogenated alkanes) is 1. The third-order valence-electron chi connectivity index (χ3n) is 2.26. The van der Waals surface area contributed by atoms with Crippen LogP contribution in [0.1, 0.15) is 33.6 Å². The van der Waals surface area contributed by atoms with Crippen LogP contribution in [0.25, 0.3) is 0 Å². The third kappa shape index (κ3) is 5.55. The summed E-state index contributed by atoms with van der Waals surface area (Å²) in [5, 5.41) is 3.04. The Labute approximate surface area is 96.8 Å². The molecule has 0 aliphatic carbocycles. The van der Waals surface area contributed by atoms with Gasteiger partial charge >= 0.3 is 0 Å². The average Bonchev–Trinajstić information content (AvgIpc) is 2.23. The predicted molar refractivity (Wildman–Crippen MR) is 65.5 cm³/mol. The second kappa shape index (κ2) is 7.05. The van der Waals surface area contributed by atoms with E-state index in [0.717, 1.165) is 19.4 Å². The summed E-state index contributed by atoms with van der Waals surface area (Å²) in [7, 11) is 0. The first-order valence-electron chi connectivity index (χ1n) is 5.49. The van der Waals surface area contributed by atoms with Crippen LogP contribution in [0.15, 0.2) is 4.99 Å². The predicted octanol–water partition coefficient (Wildman–Crippen LogP) is -0.293. The molecule has 0 aliphatic rings. The van der Waals surface area contributed by atoms with Gasteiger partial charge in [-0.15, -0.1) is 0 Å². The summed E-state index contributed by atoms with van der Waals surface area (Å²) in [6.07, 6.45) is 2.14. The molecule has 0 rings (SSSR count). The zero-order valence-corrected chi connectivity index (χ0v) is 10.3. The fourth-order valence-corrected chi connectivity index (χ4v) is 0.891. The van der Waals surface area contributed by atoms with Gasteiger partial charge in [0, 0.05) is 6.54 Å². The van der Waals surface area contributed by atoms with Crippen molar-refractivity contribution < 1.29 is 4.79 Å². The minimum atomic E-state index is -0.658. The zero-order valence-electron chi connectivity index (χ0n) is 10.3. The molecule has 0 fully saturated rings. The molecule has 0 aromatic rings. The zero-order chi connectivity index (χ0) is 12.6. The molecule has 6 N–H and O–H groups in total. The maximum Gasteiger partial charge on any atom is 0.224 e. The lowest BCUT2D eigenvalue weighted by Crippen LogP contribution is -2.43. The number of hydrogen-bond acceptors (Lipinski definition) is 3. The Balaban J connectivity index is 4.20. The van der Waals surface area contributed by atoms with Gasteiger partial charge < -0.3 is 11.1 Å². The number of hydrazine groups is 1. The highest BCUT2D eigenvalue weighted by Gasteiger charge is 2.24. The van der Waals surface area contributed by atoms with Crippen LogP contribution in [0.2, 0.25) is 0 Å². The van der Waals surface area contributed by atoms with Crippen molar-refractivity contribution in [3.05, 3.63) is 0 Å². The number of guanidine groups is 1. The van der Waals surface area contributed by atoms with E-state index in [-0.39, 0.29) is 5.91 Å². The fourth-order valence-electron chi connectivity index (χ4n) is 0.891. The maximum atomic E-state index is 11.1. The SMILES string of the molecule is CCCCNC(=NCC(C)(C)C(N)=O)NN. The molecule has 0 bridgehead atoms. The topological polar surface area (TPSA) is 106 Å². The lowest BCUT2D eigenvalue weighted by molar-refractivity contribution is -0.125. The highest BCUT2D eigenvalue weighted by molar-refractivity contribution is 5.82. The van der Waals surface area contributed by atoms with Gasteiger partial charge in [-0.1, -0.05) is 13.3 Å². The Kier molecular flexibility index (Phi) is 6.48. The van der Waals surface area contributed by atoms with Crippen molar-refractivity contribution in [1.82, 2.24) is 10.7 Å². The summed E-state index contributed by atoms with van der Waals surface area (Å²) in [5.74, 6) is 5.42. The van der Waals surface area contributed by atoms with Crippen molar-refractivity contribution in [2.45, 2.75) is 33.6 Å². The van der Waals surface area contributed by atoms with Crippen LogP contribution in [0.3, 0.4) is 0 Å². The van der Waals surface area contributed by atoms with Crippen molar-refractivity contribution in [2.75, 3.05) is 13.1 Å². The number of nitrogens with one attached hydrogen (secondary N) is 2. The van der Waals surface area contributed by atoms with Gasteiger partial charge in [-0.05, 0) is 20.3 Å². The molecular weight excluding hydrogens is 206 g/mol. The van der Waals surface area contributed by atoms with Gasteiger partial charge in [-0.3, -0.25) is 15.2 Å². The smallest absolute Gasteiger partial charge is 0.224 e. The molecule has 6 heteroatoms. The van der Waals surface area contributed by atoms with Gasteiger partial charge in [-0.2, -0.15) is 0 Å². The van der Waals surface area contributed by atoms with Crippen LogP contribution in [-0.4, -0.2) is 25.0 Å². The van der Waals surface area contributed by atoms with Gasteiger partial charge in [-0.25, -0.2) is 5.84 Å². The fraction of sp³-hybridized carbons (Fsp3) is 0.800. The monoisotopic (exact) mass is 229 g/mol. The van der Waals surface area contributed by atoms with E-state index in [0.29, 0.717) is 12.5 Å². The molecule has 94 valence electrons. The van der Waals surface area contributed by atoms with Crippen LogP contribution in [0.5, 0.6) is 0 Å². The average molecular weight is 229 g/mol. The van der Waals surface area contributed by atoms with Crippen molar-refractivity contribution in [3.8, 4) is 0 Å². The summed E-state index contributed by atoms with van der Waals surface area (Å²) < 4.78 is 0. The van der Waals surface area contributed by atoms with E-state index in [4.69, 9.17) is 11.6 Å². The third-order valence-corrected chi connectivity index (χ3v) is 2.26. The first-order valence-corrected chi connectivity index (χ1v) is 5.49. The molecular formula is C10H23N5O. The summed E-state index contributed by atoms with van der Waals surface area (Å²) in [6.45, 7) is 6.71. The number of carbonyl (C=O) groups is 1. The number of amides is 1. The molecule has 0 heterocycles. The Hall–Kier alpha value is -1.30. The molecule has 0 aliphatic heterocycles. The highest BCUT2D eigenvalue weighted by Crippen LogP contribution is 2.13. The molecule has 0 spiro atoms. The second-order valence-electron chi connectivity index (χ2n) is 4.34. The second-order valence-corrected chi connectivity index (χ2v) is 4.34. The number of nitrogens with zero attached hydrogens (tertiary/aromatic N) is 1. The molecule has 0 aromatic carbocycles. The number of nitrogens with two attached hydrogens (primary N) is 2. The largest absolute Gasteiger partial charge is 0.369 e. The number of carbonyl (C=O) groups excluding carboxylic acids is 1. The van der Waals surface area contributed by atoms with Crippen molar-refractivity contribution in [1.29, 1.82) is 0 Å². The number of hydrogen-bond donors (Lipinski definition) is 4. The van der Waals surface area contributed by atoms with E-state index in [9.17, 15) is 4.79 Å². The standard InChI is InChI=1S/C10H23N5O/c1-4-5-6-13-9(15-12)14-7-10(2,3)8(11)16/h4-7,12H2,1-3H3,(H2,11,16)(H2,13,14,15). The van der Waals surface area contributed by atoms with Crippen LogP contribution in [0, 0.1) is 5.41 Å². The molecule has 6 nitrogen and oxygen atoms in total. The molecule has 0 saturated carbocycles. The summed E-state index contributed by atoms with van der Waals surface area (Å²) in [6, 6.07) is 0. The molecule has 1 amide bonds. The Bertz CT molecular complexity index is 250. The number of rotatable bonds is 6. The highest BCUT2D eigenvalue weighted by atomic mass is 16.1. The first kappa shape index (κ1) is 14.7. The molecule has 0 radical (unpaired) electrons. The maximum absolute atomic E-state index is 11.1. The molecule has 0 aromatic heterocycles. The Morgan fingerprint density at radius 2 is 2.06 bits per heavy atom. The molecule has 16 heavy (non-hydrogen) atoms. The van der Waals surface area contributed by atoms with Gasteiger partial charge in [0.2, 0.25) is 11.9 Å².